The maximum Gasteiger partial charge on any atom is 1.00 e. The fourth-order valence-electron chi connectivity index (χ4n) is 3.59. The molecule has 1 N–H and O–H groups in total. The van der Waals surface area contributed by atoms with E-state index in [1.54, 1.807) is 12.1 Å². The number of nitrogens with one attached hydrogen (secondary N) is 1. The van der Waals surface area contributed by atoms with Crippen LogP contribution in [0.5, 0.6) is 0 Å². The molecule has 0 bridgehead atoms. The molecule has 28 heavy (non-hydrogen) atoms. The van der Waals surface area contributed by atoms with E-state index in [1.807, 2.05) is 19.1 Å². The first-order chi connectivity index (χ1) is 13.0. The zero-order valence-corrected chi connectivity index (χ0v) is 18.6. The smallest absolute Gasteiger partial charge is 0.545 e. The summed E-state index contributed by atoms with van der Waals surface area (Å²) in [5, 5.41) is 13.9. The maximum absolute atomic E-state index is 12.4. The van der Waals surface area contributed by atoms with Gasteiger partial charge in [0, 0.05) is 18.8 Å². The van der Waals surface area contributed by atoms with E-state index in [9.17, 15) is 14.7 Å². The first kappa shape index (κ1) is 22.5. The molecule has 1 amide bonds. The largest absolute Gasteiger partial charge is 1.00 e. The summed E-state index contributed by atoms with van der Waals surface area (Å²) in [6, 6.07) is 14.4. The van der Waals surface area contributed by atoms with Gasteiger partial charge in [0.25, 0.3) is 0 Å². The molecule has 0 spiro atoms. The van der Waals surface area contributed by atoms with Gasteiger partial charge in [-0.2, -0.15) is 0 Å². The average Bonchev–Trinajstić information content (AvgIpc) is 2.69. The summed E-state index contributed by atoms with van der Waals surface area (Å²) >= 11 is 0. The molecule has 0 saturated carbocycles. The minimum absolute atomic E-state index is 0. The molecule has 1 saturated heterocycles. The van der Waals surface area contributed by atoms with Crippen LogP contribution in [-0.2, 0) is 11.2 Å². The average molecular weight is 388 g/mol. The van der Waals surface area contributed by atoms with Gasteiger partial charge in [0.1, 0.15) is 0 Å². The molecule has 0 radical (unpaired) electrons. The number of anilines is 1. The number of carboxylic acid groups (broad SMARTS) is 1. The Balaban J connectivity index is 0.00000280. The Labute approximate surface area is 188 Å². The maximum atomic E-state index is 12.4. The van der Waals surface area contributed by atoms with E-state index in [1.165, 1.54) is 37.1 Å². The number of aromatic carboxylic acids is 1. The third-order valence-electron chi connectivity index (χ3n) is 5.03. The molecule has 1 unspecified atom stereocenters. The zero-order chi connectivity index (χ0) is 19.2. The summed E-state index contributed by atoms with van der Waals surface area (Å²) in [4.78, 5) is 25.7. The van der Waals surface area contributed by atoms with E-state index >= 15 is 0 Å². The first-order valence-electron chi connectivity index (χ1n) is 9.48. The van der Waals surface area contributed by atoms with Gasteiger partial charge in [-0.05, 0) is 48.9 Å². The third kappa shape index (κ3) is 5.84. The van der Waals surface area contributed by atoms with Crippen molar-refractivity contribution in [2.45, 2.75) is 38.6 Å². The van der Waals surface area contributed by atoms with Crippen LogP contribution >= 0.6 is 0 Å². The second-order valence-electron chi connectivity index (χ2n) is 7.06. The first-order valence-corrected chi connectivity index (χ1v) is 9.48. The number of benzene rings is 2. The molecule has 0 aromatic heterocycles. The van der Waals surface area contributed by atoms with Crippen LogP contribution in [0.3, 0.4) is 0 Å². The Morgan fingerprint density at radius 3 is 2.32 bits per heavy atom. The minimum Gasteiger partial charge on any atom is -0.545 e. The van der Waals surface area contributed by atoms with E-state index in [2.05, 4.69) is 22.3 Å². The van der Waals surface area contributed by atoms with Crippen molar-refractivity contribution in [3.8, 4) is 0 Å². The summed E-state index contributed by atoms with van der Waals surface area (Å²) in [6.45, 7) is 4.12. The molecular weight excluding hydrogens is 363 g/mol. The molecule has 1 aliphatic rings. The Morgan fingerprint density at radius 1 is 1.04 bits per heavy atom. The van der Waals surface area contributed by atoms with Crippen molar-refractivity contribution in [3.05, 3.63) is 65.2 Å². The quantitative estimate of drug-likeness (QED) is 0.675. The number of para-hydroxylation sites is 1. The molecule has 1 atom stereocenters. The van der Waals surface area contributed by atoms with Crippen LogP contribution in [0, 0.1) is 0 Å². The third-order valence-corrected chi connectivity index (χ3v) is 5.03. The van der Waals surface area contributed by atoms with Crippen molar-refractivity contribution in [1.82, 2.24) is 5.32 Å². The van der Waals surface area contributed by atoms with Gasteiger partial charge in [0.15, 0.2) is 0 Å². The van der Waals surface area contributed by atoms with Crippen LogP contribution in [0.15, 0.2) is 48.5 Å². The summed E-state index contributed by atoms with van der Waals surface area (Å²) in [5.74, 6) is -1.30. The van der Waals surface area contributed by atoms with Gasteiger partial charge in [-0.1, -0.05) is 42.5 Å². The molecule has 2 aromatic rings. The van der Waals surface area contributed by atoms with Crippen LogP contribution in [0.4, 0.5) is 5.69 Å². The van der Waals surface area contributed by atoms with Crippen LogP contribution in [0.1, 0.15) is 53.7 Å². The molecule has 1 fully saturated rings. The molecule has 1 aliphatic heterocycles. The van der Waals surface area contributed by atoms with Crippen molar-refractivity contribution in [3.63, 3.8) is 0 Å². The van der Waals surface area contributed by atoms with Gasteiger partial charge in [0.2, 0.25) is 5.91 Å². The van der Waals surface area contributed by atoms with Crippen LogP contribution in [0.2, 0.25) is 0 Å². The van der Waals surface area contributed by atoms with Crippen molar-refractivity contribution in [1.29, 1.82) is 0 Å². The molecule has 0 aliphatic carbocycles. The summed E-state index contributed by atoms with van der Waals surface area (Å²) in [6.07, 6.45) is 3.90. The number of hydrogen-bond donors (Lipinski definition) is 1. The van der Waals surface area contributed by atoms with Gasteiger partial charge in [-0.3, -0.25) is 4.79 Å². The predicted octanol–water partition coefficient (Wildman–Crippen LogP) is -0.536. The van der Waals surface area contributed by atoms with Gasteiger partial charge in [-0.15, -0.1) is 0 Å². The normalized spacial score (nSPS) is 14.7. The van der Waals surface area contributed by atoms with Crippen LogP contribution in [-0.4, -0.2) is 25.0 Å². The second-order valence-corrected chi connectivity index (χ2v) is 7.06. The molecule has 5 nitrogen and oxygen atoms in total. The fraction of sp³-hybridized carbons (Fsp3) is 0.364. The van der Waals surface area contributed by atoms with E-state index in [4.69, 9.17) is 0 Å². The number of nitrogens with zero attached hydrogens (tertiary/aromatic N) is 1. The van der Waals surface area contributed by atoms with E-state index in [0.29, 0.717) is 0 Å². The Kier molecular flexibility index (Phi) is 8.55. The number of rotatable bonds is 6. The van der Waals surface area contributed by atoms with E-state index < -0.39 is 5.97 Å². The molecule has 6 heteroatoms. The van der Waals surface area contributed by atoms with Crippen molar-refractivity contribution >= 4 is 17.6 Å². The standard InChI is InChI=1S/C22H26N2O3.Na/c1-16(19-7-3-4-8-20(19)24-13-5-2-6-14-24)23-21(25)15-17-9-11-18(12-10-17)22(26)27;/h3-4,7-12,16H,2,5-6,13-15H2,1H3,(H,23,25)(H,26,27);/q;+1/p-1. The van der Waals surface area contributed by atoms with Gasteiger partial charge < -0.3 is 20.1 Å². The van der Waals surface area contributed by atoms with Gasteiger partial charge in [-0.25, -0.2) is 0 Å². The number of amides is 1. The van der Waals surface area contributed by atoms with Crippen molar-refractivity contribution < 1.29 is 44.3 Å². The molecule has 1 heterocycles. The number of carbonyl (C=O) groups is 2. The number of carboxylic acids is 1. The van der Waals surface area contributed by atoms with Crippen molar-refractivity contribution in [2.24, 2.45) is 0 Å². The summed E-state index contributed by atoms with van der Waals surface area (Å²) in [5.41, 5.74) is 3.21. The Morgan fingerprint density at radius 2 is 1.68 bits per heavy atom. The molecule has 3 rings (SSSR count). The Bertz CT molecular complexity index is 802. The number of piperidine rings is 1. The molecular formula is C22H25N2NaO3. The van der Waals surface area contributed by atoms with Gasteiger partial charge >= 0.3 is 29.6 Å². The van der Waals surface area contributed by atoms with Gasteiger partial charge in [0.05, 0.1) is 18.4 Å². The second kappa shape index (κ2) is 10.6. The number of carbonyl (C=O) groups excluding carboxylic acids is 2. The SMILES string of the molecule is CC(NC(=O)Cc1ccc(C(=O)[O-])cc1)c1ccccc1N1CCCCC1.[Na+]. The monoisotopic (exact) mass is 388 g/mol. The minimum atomic E-state index is -1.21. The zero-order valence-electron chi connectivity index (χ0n) is 16.6. The van der Waals surface area contributed by atoms with E-state index in [-0.39, 0.29) is 53.5 Å². The molecule has 2 aromatic carbocycles. The van der Waals surface area contributed by atoms with E-state index in [0.717, 1.165) is 24.2 Å². The topological polar surface area (TPSA) is 72.5 Å². The van der Waals surface area contributed by atoms with Crippen LogP contribution < -0.4 is 44.9 Å². The fourth-order valence-corrected chi connectivity index (χ4v) is 3.59. The Hall–Kier alpha value is -1.82. The summed E-state index contributed by atoms with van der Waals surface area (Å²) in [7, 11) is 0. The number of hydrogen-bond acceptors (Lipinski definition) is 4. The summed E-state index contributed by atoms with van der Waals surface area (Å²) < 4.78 is 0. The van der Waals surface area contributed by atoms with Crippen LogP contribution in [0.25, 0.3) is 0 Å². The molecule has 142 valence electrons. The van der Waals surface area contributed by atoms with Crippen molar-refractivity contribution in [2.75, 3.05) is 18.0 Å². The predicted molar refractivity (Wildman–Crippen MR) is 104 cm³/mol.